The third kappa shape index (κ3) is 3.48. The molecule has 0 amide bonds. The Bertz CT molecular complexity index is 653. The topological polar surface area (TPSA) is 45.0 Å². The lowest BCUT2D eigenvalue weighted by molar-refractivity contribution is 0.151. The summed E-state index contributed by atoms with van der Waals surface area (Å²) in [4.78, 5) is 0. The van der Waals surface area contributed by atoms with Crippen LogP contribution in [-0.4, -0.2) is 7.11 Å². The number of para-hydroxylation sites is 2. The number of anilines is 1. The second-order valence-corrected chi connectivity index (χ2v) is 4.38. The Kier molecular flexibility index (Phi) is 4.72. The van der Waals surface area contributed by atoms with Gasteiger partial charge in [0, 0.05) is 5.56 Å². The van der Waals surface area contributed by atoms with Crippen LogP contribution in [-0.2, 0) is 0 Å². The van der Waals surface area contributed by atoms with E-state index in [9.17, 15) is 14.0 Å². The van der Waals surface area contributed by atoms with E-state index in [1.54, 1.807) is 24.3 Å². The van der Waals surface area contributed by atoms with Crippen molar-refractivity contribution in [2.24, 2.45) is 0 Å². The molecule has 3 nitrogen and oxygen atoms in total. The van der Waals surface area contributed by atoms with Gasteiger partial charge in [0.15, 0.2) is 0 Å². The minimum atomic E-state index is -2.56. The van der Waals surface area contributed by atoms with Gasteiger partial charge in [-0.15, -0.1) is 0 Å². The van der Waals surface area contributed by atoms with Crippen LogP contribution in [0.25, 0.3) is 0 Å². The Morgan fingerprint density at radius 1 is 1.10 bits per heavy atom. The SMILES string of the molecule is COc1ccccc1NC(C#N)c1cccc(C(F)F)c1. The van der Waals surface area contributed by atoms with Crippen LogP contribution in [0.2, 0.25) is 0 Å². The molecule has 1 atom stereocenters. The molecule has 0 fully saturated rings. The van der Waals surface area contributed by atoms with E-state index in [1.807, 2.05) is 6.07 Å². The van der Waals surface area contributed by atoms with E-state index in [1.165, 1.54) is 25.3 Å². The summed E-state index contributed by atoms with van der Waals surface area (Å²) < 4.78 is 30.7. The van der Waals surface area contributed by atoms with Gasteiger partial charge in [0.25, 0.3) is 6.43 Å². The van der Waals surface area contributed by atoms with Gasteiger partial charge in [-0.3, -0.25) is 0 Å². The van der Waals surface area contributed by atoms with Gasteiger partial charge in [0.1, 0.15) is 11.8 Å². The second-order valence-electron chi connectivity index (χ2n) is 4.38. The van der Waals surface area contributed by atoms with Crippen LogP contribution in [0, 0.1) is 11.3 Å². The number of rotatable bonds is 5. The first-order valence-corrected chi connectivity index (χ1v) is 6.33. The molecule has 0 aliphatic rings. The van der Waals surface area contributed by atoms with Crippen molar-refractivity contribution < 1.29 is 13.5 Å². The summed E-state index contributed by atoms with van der Waals surface area (Å²) in [5.41, 5.74) is 1.02. The summed E-state index contributed by atoms with van der Waals surface area (Å²) >= 11 is 0. The molecule has 2 aromatic rings. The second kappa shape index (κ2) is 6.71. The summed E-state index contributed by atoms with van der Waals surface area (Å²) in [6.07, 6.45) is -2.56. The van der Waals surface area contributed by atoms with Crippen LogP contribution in [0.1, 0.15) is 23.6 Å². The Labute approximate surface area is 121 Å². The lowest BCUT2D eigenvalue weighted by Gasteiger charge is -2.16. The van der Waals surface area contributed by atoms with Crippen LogP contribution < -0.4 is 10.1 Å². The highest BCUT2D eigenvalue weighted by Crippen LogP contribution is 2.29. The number of halogens is 2. The van der Waals surface area contributed by atoms with E-state index in [2.05, 4.69) is 11.4 Å². The van der Waals surface area contributed by atoms with E-state index in [4.69, 9.17) is 4.74 Å². The maximum absolute atomic E-state index is 12.7. The smallest absolute Gasteiger partial charge is 0.263 e. The van der Waals surface area contributed by atoms with Crippen LogP contribution >= 0.6 is 0 Å². The maximum atomic E-state index is 12.7. The van der Waals surface area contributed by atoms with Crippen molar-refractivity contribution in [3.8, 4) is 11.8 Å². The van der Waals surface area contributed by atoms with Crippen LogP contribution in [0.4, 0.5) is 14.5 Å². The molecule has 0 aliphatic carbocycles. The molecular weight excluding hydrogens is 274 g/mol. The number of hydrogen-bond donors (Lipinski definition) is 1. The number of alkyl halides is 2. The van der Waals surface area contributed by atoms with E-state index >= 15 is 0 Å². The van der Waals surface area contributed by atoms with Gasteiger partial charge in [-0.1, -0.05) is 30.3 Å². The first kappa shape index (κ1) is 14.8. The Morgan fingerprint density at radius 2 is 1.81 bits per heavy atom. The molecule has 2 aromatic carbocycles. The van der Waals surface area contributed by atoms with Crippen molar-refractivity contribution in [2.45, 2.75) is 12.5 Å². The largest absolute Gasteiger partial charge is 0.495 e. The first-order chi connectivity index (χ1) is 10.2. The van der Waals surface area contributed by atoms with Crippen LogP contribution in [0.15, 0.2) is 48.5 Å². The van der Waals surface area contributed by atoms with E-state index in [-0.39, 0.29) is 5.56 Å². The normalized spacial score (nSPS) is 11.8. The number of nitrogens with one attached hydrogen (secondary N) is 1. The highest BCUT2D eigenvalue weighted by Gasteiger charge is 2.15. The van der Waals surface area contributed by atoms with Crippen molar-refractivity contribution in [1.29, 1.82) is 5.26 Å². The summed E-state index contributed by atoms with van der Waals surface area (Å²) in [5, 5.41) is 12.3. The average Bonchev–Trinajstić information content (AvgIpc) is 2.53. The minimum absolute atomic E-state index is 0.102. The summed E-state index contributed by atoms with van der Waals surface area (Å²) in [5.74, 6) is 0.586. The molecule has 0 spiro atoms. The van der Waals surface area contributed by atoms with Crippen LogP contribution in [0.5, 0.6) is 5.75 Å². The molecule has 1 unspecified atom stereocenters. The van der Waals surface area contributed by atoms with Crippen molar-refractivity contribution >= 4 is 5.69 Å². The highest BCUT2D eigenvalue weighted by atomic mass is 19.3. The summed E-state index contributed by atoms with van der Waals surface area (Å²) in [6.45, 7) is 0. The number of nitrogens with zero attached hydrogens (tertiary/aromatic N) is 1. The predicted molar refractivity (Wildman–Crippen MR) is 76.4 cm³/mol. The predicted octanol–water partition coefficient (Wildman–Crippen LogP) is 4.31. The molecule has 2 rings (SSSR count). The molecule has 0 saturated carbocycles. The van der Waals surface area contributed by atoms with Gasteiger partial charge >= 0.3 is 0 Å². The lowest BCUT2D eigenvalue weighted by atomic mass is 10.0. The van der Waals surface area contributed by atoms with E-state index in [0.717, 1.165) is 0 Å². The molecule has 21 heavy (non-hydrogen) atoms. The monoisotopic (exact) mass is 288 g/mol. The fourth-order valence-corrected chi connectivity index (χ4v) is 1.98. The van der Waals surface area contributed by atoms with Crippen LogP contribution in [0.3, 0.4) is 0 Å². The summed E-state index contributed by atoms with van der Waals surface area (Å²) in [7, 11) is 1.53. The zero-order valence-electron chi connectivity index (χ0n) is 11.4. The van der Waals surface area contributed by atoms with Crippen molar-refractivity contribution in [1.82, 2.24) is 0 Å². The van der Waals surface area contributed by atoms with E-state index < -0.39 is 12.5 Å². The molecule has 0 radical (unpaired) electrons. The van der Waals surface area contributed by atoms with Crippen molar-refractivity contribution in [3.05, 3.63) is 59.7 Å². The van der Waals surface area contributed by atoms with Gasteiger partial charge in [-0.25, -0.2) is 8.78 Å². The third-order valence-corrected chi connectivity index (χ3v) is 3.03. The van der Waals surface area contributed by atoms with E-state index in [0.29, 0.717) is 17.0 Å². The molecule has 108 valence electrons. The third-order valence-electron chi connectivity index (χ3n) is 3.03. The van der Waals surface area contributed by atoms with Gasteiger partial charge in [-0.05, 0) is 23.8 Å². The number of ether oxygens (including phenoxy) is 1. The molecule has 0 bridgehead atoms. The Balaban J connectivity index is 2.28. The molecule has 0 saturated heterocycles. The molecule has 0 aromatic heterocycles. The number of nitriles is 1. The number of methoxy groups -OCH3 is 1. The Hall–Kier alpha value is -2.61. The standard InChI is InChI=1S/C16H14F2N2O/c1-21-15-8-3-2-7-13(15)20-14(10-19)11-5-4-6-12(9-11)16(17)18/h2-9,14,16,20H,1H3. The molecule has 0 heterocycles. The first-order valence-electron chi connectivity index (χ1n) is 6.33. The average molecular weight is 288 g/mol. The number of hydrogen-bond acceptors (Lipinski definition) is 3. The zero-order valence-corrected chi connectivity index (χ0v) is 11.4. The fraction of sp³-hybridized carbons (Fsp3) is 0.188. The van der Waals surface area contributed by atoms with Gasteiger partial charge in [0.05, 0.1) is 18.9 Å². The molecule has 1 N–H and O–H groups in total. The maximum Gasteiger partial charge on any atom is 0.263 e. The highest BCUT2D eigenvalue weighted by molar-refractivity contribution is 5.58. The number of benzene rings is 2. The van der Waals surface area contributed by atoms with Gasteiger partial charge in [0.2, 0.25) is 0 Å². The van der Waals surface area contributed by atoms with Gasteiger partial charge < -0.3 is 10.1 Å². The lowest BCUT2D eigenvalue weighted by Crippen LogP contribution is -2.09. The summed E-state index contributed by atoms with van der Waals surface area (Å²) in [6, 6.07) is 14.3. The molecule has 5 heteroatoms. The quantitative estimate of drug-likeness (QED) is 0.891. The minimum Gasteiger partial charge on any atom is -0.495 e. The zero-order chi connectivity index (χ0) is 15.2. The molecule has 0 aliphatic heterocycles. The molecular formula is C16H14F2N2O. The Morgan fingerprint density at radius 3 is 2.48 bits per heavy atom. The van der Waals surface area contributed by atoms with Crippen molar-refractivity contribution in [2.75, 3.05) is 12.4 Å². The van der Waals surface area contributed by atoms with Gasteiger partial charge in [-0.2, -0.15) is 5.26 Å². The van der Waals surface area contributed by atoms with Crippen molar-refractivity contribution in [3.63, 3.8) is 0 Å². The fourth-order valence-electron chi connectivity index (χ4n) is 1.98.